The fourth-order valence-electron chi connectivity index (χ4n) is 4.83. The van der Waals surface area contributed by atoms with Crippen molar-refractivity contribution in [2.75, 3.05) is 32.0 Å². The Kier molecular flexibility index (Phi) is 7.80. The highest BCUT2D eigenvalue weighted by Crippen LogP contribution is 2.49. The molecule has 0 fully saturated rings. The third-order valence-corrected chi connectivity index (χ3v) is 7.98. The van der Waals surface area contributed by atoms with Crippen molar-refractivity contribution >= 4 is 45.4 Å². The summed E-state index contributed by atoms with van der Waals surface area (Å²) in [5.41, 5.74) is 2.68. The topological polar surface area (TPSA) is 100 Å². The van der Waals surface area contributed by atoms with Gasteiger partial charge < -0.3 is 24.3 Å². The Morgan fingerprint density at radius 1 is 1.26 bits per heavy atom. The van der Waals surface area contributed by atoms with Gasteiger partial charge in [0.1, 0.15) is 12.5 Å². The molecule has 0 unspecified atom stereocenters. The molecule has 2 heterocycles. The minimum absolute atomic E-state index is 0.0884. The van der Waals surface area contributed by atoms with E-state index in [2.05, 4.69) is 21.2 Å². The molecule has 3 aliphatic rings. The molecular weight excluding hydrogens is 538 g/mol. The van der Waals surface area contributed by atoms with Crippen molar-refractivity contribution < 1.29 is 33.3 Å². The van der Waals surface area contributed by atoms with Crippen LogP contribution in [-0.4, -0.2) is 49.7 Å². The maximum atomic E-state index is 13.8. The van der Waals surface area contributed by atoms with E-state index in [9.17, 15) is 14.4 Å². The number of hydrogen-bond acceptors (Lipinski definition) is 9. The van der Waals surface area contributed by atoms with Gasteiger partial charge >= 0.3 is 11.9 Å². The highest BCUT2D eigenvalue weighted by molar-refractivity contribution is 9.10. The Labute approximate surface area is 216 Å². The molecular formula is C25H28BrNO7S. The number of ketones is 1. The molecule has 8 nitrogen and oxygen atoms in total. The van der Waals surface area contributed by atoms with Crippen molar-refractivity contribution in [2.45, 2.75) is 33.1 Å². The van der Waals surface area contributed by atoms with Gasteiger partial charge in [0.25, 0.3) is 0 Å². The smallest absolute Gasteiger partial charge is 0.336 e. The quantitative estimate of drug-likeness (QED) is 0.297. The van der Waals surface area contributed by atoms with Gasteiger partial charge in [0.05, 0.1) is 12.7 Å². The Hall–Kier alpha value is -2.46. The molecule has 1 aliphatic carbocycles. The third kappa shape index (κ3) is 4.82. The molecule has 0 saturated carbocycles. The molecule has 0 aromatic heterocycles. The van der Waals surface area contributed by atoms with Crippen molar-refractivity contribution in [3.05, 3.63) is 44.7 Å². The van der Waals surface area contributed by atoms with Crippen LogP contribution in [-0.2, 0) is 23.9 Å². The molecule has 1 N–H and O–H groups in total. The summed E-state index contributed by atoms with van der Waals surface area (Å²) in [4.78, 5) is 39.8. The molecule has 1 aromatic carbocycles. The normalized spacial score (nSPS) is 23.1. The number of benzene rings is 1. The minimum Gasteiger partial charge on any atom is -0.468 e. The van der Waals surface area contributed by atoms with Crippen molar-refractivity contribution in [3.8, 4) is 11.5 Å². The van der Waals surface area contributed by atoms with E-state index in [0.29, 0.717) is 56.2 Å². The summed E-state index contributed by atoms with van der Waals surface area (Å²) >= 11 is 5.28. The van der Waals surface area contributed by atoms with Crippen LogP contribution < -0.4 is 14.8 Å². The Morgan fingerprint density at radius 3 is 2.66 bits per heavy atom. The lowest BCUT2D eigenvalue weighted by Gasteiger charge is -2.38. The van der Waals surface area contributed by atoms with Gasteiger partial charge in [-0.05, 0) is 42.7 Å². The van der Waals surface area contributed by atoms with E-state index in [1.165, 1.54) is 7.11 Å². The van der Waals surface area contributed by atoms with E-state index in [-0.39, 0.29) is 25.1 Å². The van der Waals surface area contributed by atoms with E-state index in [1.54, 1.807) is 30.8 Å². The van der Waals surface area contributed by atoms with E-state index < -0.39 is 23.8 Å². The van der Waals surface area contributed by atoms with Crippen LogP contribution in [0.15, 0.2) is 39.1 Å². The molecule has 0 saturated heterocycles. The number of fused-ring (bicyclic) bond motifs is 1. The standard InChI is InChI=1S/C25H28BrNO7S/c1-5-35-7-6-32-25(30)20-13(3)27-16-8-12(2)19(24(29)31-4)23(28)22(16)21(20)14-9-17-18(10-15(14)26)34-11-33-17/h9-10,12,19,21,27H,5-8,11H2,1-4H3/t12-,19-,21-/m1/s1. The SMILES string of the molecule is CCSCCOC(=O)C1=C(C)NC2=C(C(=O)[C@H](C(=O)OC)[C@H](C)C2)[C@@H]1c1cc2c(cc1Br)OCO2. The summed E-state index contributed by atoms with van der Waals surface area (Å²) in [5.74, 6) is -0.711. The highest BCUT2D eigenvalue weighted by Gasteiger charge is 2.48. The Balaban J connectivity index is 1.82. The summed E-state index contributed by atoms with van der Waals surface area (Å²) < 4.78 is 22.3. The van der Waals surface area contributed by atoms with E-state index in [4.69, 9.17) is 18.9 Å². The third-order valence-electron chi connectivity index (χ3n) is 6.43. The second-order valence-electron chi connectivity index (χ2n) is 8.60. The zero-order chi connectivity index (χ0) is 25.3. The van der Waals surface area contributed by atoms with Gasteiger partial charge in [-0.25, -0.2) is 4.79 Å². The zero-order valence-electron chi connectivity index (χ0n) is 20.1. The van der Waals surface area contributed by atoms with Crippen LogP contribution in [0.3, 0.4) is 0 Å². The first-order valence-corrected chi connectivity index (χ1v) is 13.4. The summed E-state index contributed by atoms with van der Waals surface area (Å²) in [5, 5.41) is 3.27. The molecule has 0 radical (unpaired) electrons. The summed E-state index contributed by atoms with van der Waals surface area (Å²) in [6, 6.07) is 3.54. The van der Waals surface area contributed by atoms with Crippen LogP contribution in [0, 0.1) is 11.8 Å². The van der Waals surface area contributed by atoms with E-state index >= 15 is 0 Å². The molecule has 3 atom stereocenters. The second-order valence-corrected chi connectivity index (χ2v) is 10.8. The second kappa shape index (κ2) is 10.7. The fraction of sp³-hybridized carbons (Fsp3) is 0.480. The lowest BCUT2D eigenvalue weighted by molar-refractivity contribution is -0.151. The average Bonchev–Trinajstić information content (AvgIpc) is 3.27. The number of esters is 2. The largest absolute Gasteiger partial charge is 0.468 e. The molecule has 188 valence electrons. The van der Waals surface area contributed by atoms with Crippen LogP contribution in [0.2, 0.25) is 0 Å². The van der Waals surface area contributed by atoms with Gasteiger partial charge in [0.15, 0.2) is 17.3 Å². The predicted molar refractivity (Wildman–Crippen MR) is 134 cm³/mol. The van der Waals surface area contributed by atoms with Gasteiger partial charge in [-0.3, -0.25) is 9.59 Å². The van der Waals surface area contributed by atoms with Crippen molar-refractivity contribution in [3.63, 3.8) is 0 Å². The van der Waals surface area contributed by atoms with Gasteiger partial charge in [0.2, 0.25) is 6.79 Å². The lowest BCUT2D eigenvalue weighted by Crippen LogP contribution is -2.43. The fourth-order valence-corrected chi connectivity index (χ4v) is 5.87. The molecule has 0 spiro atoms. The molecule has 0 amide bonds. The van der Waals surface area contributed by atoms with E-state index in [1.807, 2.05) is 13.8 Å². The van der Waals surface area contributed by atoms with Crippen LogP contribution in [0.4, 0.5) is 0 Å². The average molecular weight is 566 g/mol. The van der Waals surface area contributed by atoms with Crippen LogP contribution in [0.5, 0.6) is 11.5 Å². The Morgan fingerprint density at radius 2 is 1.97 bits per heavy atom. The van der Waals surface area contributed by atoms with Crippen molar-refractivity contribution in [1.29, 1.82) is 0 Å². The number of carbonyl (C=O) groups excluding carboxylic acids is 3. The Bertz CT molecular complexity index is 1130. The number of dihydropyridines is 1. The molecule has 2 aliphatic heterocycles. The summed E-state index contributed by atoms with van der Waals surface area (Å²) in [6.07, 6.45) is 0.465. The van der Waals surface area contributed by atoms with Crippen molar-refractivity contribution in [1.82, 2.24) is 5.32 Å². The number of halogens is 1. The van der Waals surface area contributed by atoms with Gasteiger partial charge in [-0.2, -0.15) is 11.8 Å². The number of thioether (sulfide) groups is 1. The number of hydrogen-bond donors (Lipinski definition) is 1. The first-order chi connectivity index (χ1) is 16.8. The molecule has 35 heavy (non-hydrogen) atoms. The first kappa shape index (κ1) is 25.6. The maximum Gasteiger partial charge on any atom is 0.336 e. The number of nitrogens with one attached hydrogen (secondary N) is 1. The van der Waals surface area contributed by atoms with Crippen molar-refractivity contribution in [2.24, 2.45) is 11.8 Å². The van der Waals surface area contributed by atoms with Gasteiger partial charge in [-0.1, -0.05) is 29.8 Å². The number of allylic oxidation sites excluding steroid dienone is 3. The minimum atomic E-state index is -0.951. The molecule has 0 bridgehead atoms. The molecule has 10 heteroatoms. The van der Waals surface area contributed by atoms with Crippen LogP contribution in [0.25, 0.3) is 0 Å². The summed E-state index contributed by atoms with van der Waals surface area (Å²) in [7, 11) is 1.28. The maximum absolute atomic E-state index is 13.8. The zero-order valence-corrected chi connectivity index (χ0v) is 22.5. The molecule has 4 rings (SSSR count). The number of ether oxygens (including phenoxy) is 4. The van der Waals surface area contributed by atoms with Gasteiger partial charge in [0, 0.05) is 33.1 Å². The number of rotatable bonds is 7. The van der Waals surface area contributed by atoms with Gasteiger partial charge in [-0.15, -0.1) is 0 Å². The monoisotopic (exact) mass is 565 g/mol. The first-order valence-electron chi connectivity index (χ1n) is 11.4. The lowest BCUT2D eigenvalue weighted by atomic mass is 9.69. The number of Topliss-reactive ketones (excluding diaryl/α,β-unsaturated/α-hetero) is 1. The van der Waals surface area contributed by atoms with Crippen LogP contribution in [0.1, 0.15) is 38.7 Å². The molecule has 1 aromatic rings. The number of carbonyl (C=O) groups is 3. The predicted octanol–water partition coefficient (Wildman–Crippen LogP) is 4.09. The highest BCUT2D eigenvalue weighted by atomic mass is 79.9. The summed E-state index contributed by atoms with van der Waals surface area (Å²) in [6.45, 7) is 6.04. The van der Waals surface area contributed by atoms with E-state index in [0.717, 1.165) is 5.75 Å². The number of methoxy groups -OCH3 is 1. The van der Waals surface area contributed by atoms with Crippen LogP contribution >= 0.6 is 27.7 Å².